The van der Waals surface area contributed by atoms with Crippen molar-refractivity contribution in [1.29, 1.82) is 0 Å². The van der Waals surface area contributed by atoms with Crippen LogP contribution in [-0.2, 0) is 32.7 Å². The van der Waals surface area contributed by atoms with Crippen molar-refractivity contribution in [3.05, 3.63) is 0 Å². The maximum absolute atomic E-state index is 2.38. The monoisotopic (exact) mass is 330 g/mol. The summed E-state index contributed by atoms with van der Waals surface area (Å²) in [7, 11) is 2.25. The first-order chi connectivity index (χ1) is 3.43. The van der Waals surface area contributed by atoms with Crippen LogP contribution in [-0.4, -0.2) is 37.0 Å². The van der Waals surface area contributed by atoms with Gasteiger partial charge in [0.2, 0.25) is 0 Å². The van der Waals surface area contributed by atoms with Crippen LogP contribution in [0.5, 0.6) is 0 Å². The number of hydrogen-bond acceptors (Lipinski definition) is 2. The Morgan fingerprint density at radius 2 is 2.25 bits per heavy atom. The normalized spacial score (nSPS) is 19.1. The Balaban J connectivity index is 0.000000490. The minimum atomic E-state index is 0. The molecule has 0 bridgehead atoms. The van der Waals surface area contributed by atoms with Gasteiger partial charge in [-0.25, -0.2) is 0 Å². The van der Waals surface area contributed by atoms with Gasteiger partial charge in [-0.15, -0.1) is 0 Å². The summed E-state index contributed by atoms with van der Waals surface area (Å²) in [6, 6.07) is 0. The molecule has 1 fully saturated rings. The molecule has 4 heteroatoms. The van der Waals surface area contributed by atoms with E-state index in [9.17, 15) is 0 Å². The van der Waals surface area contributed by atoms with E-state index >= 15 is 0 Å². The molecule has 0 aromatic rings. The van der Waals surface area contributed by atoms with E-state index in [0.717, 1.165) is 5.25 Å². The molecule has 1 aliphatic rings. The van der Waals surface area contributed by atoms with Crippen LogP contribution in [0, 0.1) is 0 Å². The Morgan fingerprint density at radius 1 is 1.62 bits per heavy atom. The van der Waals surface area contributed by atoms with E-state index in [-0.39, 0.29) is 52.9 Å². The van der Waals surface area contributed by atoms with E-state index < -0.39 is 0 Å². The van der Waals surface area contributed by atoms with Gasteiger partial charge in [-0.1, -0.05) is 0 Å². The van der Waals surface area contributed by atoms with Crippen LogP contribution in [0.4, 0.5) is 0 Å². The van der Waals surface area contributed by atoms with E-state index in [1.807, 2.05) is 0 Å². The first-order valence-electron chi connectivity index (χ1n) is 2.26. The second-order valence-corrected chi connectivity index (χ2v) is 8.70. The average Bonchev–Trinajstić information content (AvgIpc) is 1.55. The summed E-state index contributed by atoms with van der Waals surface area (Å²) in [5.74, 6) is 2.88. The predicted octanol–water partition coefficient (Wildman–Crippen LogP) is 1.50. The van der Waals surface area contributed by atoms with E-state index in [4.69, 9.17) is 0 Å². The Bertz CT molecular complexity index is 58.0. The Hall–Kier alpha value is 2.62. The van der Waals surface area contributed by atoms with Crippen molar-refractivity contribution >= 4 is 40.8 Å². The molecule has 0 N–H and O–H groups in total. The standard InChI is InChI=1S/C3H6S2.CH3.Sb.Y/c4-3-1-5-2-3;;;/h3-4H,1-2H2;1H3;;/q;;+1;/p-1. The summed E-state index contributed by atoms with van der Waals surface area (Å²) >= 11 is 2.32. The van der Waals surface area contributed by atoms with Gasteiger partial charge in [0, 0.05) is 32.7 Å². The summed E-state index contributed by atoms with van der Waals surface area (Å²) in [5.41, 5.74) is 0. The smallest absolute Gasteiger partial charge is 0 e. The van der Waals surface area contributed by atoms with Crippen LogP contribution < -0.4 is 0 Å². The van der Waals surface area contributed by atoms with Gasteiger partial charge in [-0.05, 0) is 0 Å². The van der Waals surface area contributed by atoms with Gasteiger partial charge >= 0.3 is 62.5 Å². The van der Waals surface area contributed by atoms with E-state index in [0.29, 0.717) is 0 Å². The van der Waals surface area contributed by atoms with Gasteiger partial charge in [0.15, 0.2) is 0 Å². The van der Waals surface area contributed by atoms with Crippen molar-refractivity contribution < 1.29 is 32.7 Å². The number of thioether (sulfide) groups is 1. The molecule has 0 aromatic carbocycles. The Kier molecular flexibility index (Phi) is 8.42. The van der Waals surface area contributed by atoms with Gasteiger partial charge in [-0.3, -0.25) is 0 Å². The molecule has 8 heavy (non-hydrogen) atoms. The molecule has 44 valence electrons. The van der Waals surface area contributed by atoms with E-state index in [1.165, 1.54) is 11.5 Å². The fraction of sp³-hybridized carbons (Fsp3) is 1.00. The number of rotatable bonds is 2. The molecule has 0 unspecified atom stereocenters. The van der Waals surface area contributed by atoms with Crippen LogP contribution >= 0.6 is 20.6 Å². The number of hydrogen-bond donors (Lipinski definition) is 0. The van der Waals surface area contributed by atoms with Crippen molar-refractivity contribution in [2.24, 2.45) is 0 Å². The van der Waals surface area contributed by atoms with E-state index in [1.54, 1.807) is 0 Å². The van der Waals surface area contributed by atoms with Gasteiger partial charge < -0.3 is 0 Å². The predicted molar refractivity (Wildman–Crippen MR) is 40.3 cm³/mol. The first-order valence-corrected chi connectivity index (χ1v) is 9.93. The molecule has 1 saturated heterocycles. The minimum absolute atomic E-state index is 0. The van der Waals surface area contributed by atoms with Crippen LogP contribution in [0.25, 0.3) is 0 Å². The summed E-state index contributed by atoms with van der Waals surface area (Å²) < 4.78 is 0. The molecule has 1 rings (SSSR count). The molecule has 0 saturated carbocycles. The first kappa shape index (κ1) is 10.6. The van der Waals surface area contributed by atoms with Gasteiger partial charge in [0.1, 0.15) is 0 Å². The molecular formula is C4H8S2SbY. The van der Waals surface area contributed by atoms with Crippen molar-refractivity contribution in [1.82, 2.24) is 0 Å². The molecule has 0 aromatic heterocycles. The topological polar surface area (TPSA) is 0 Å². The van der Waals surface area contributed by atoms with Crippen molar-refractivity contribution in [3.8, 4) is 0 Å². The molecule has 0 amide bonds. The van der Waals surface area contributed by atoms with Gasteiger partial charge in [-0.2, -0.15) is 0 Å². The fourth-order valence-corrected chi connectivity index (χ4v) is 7.89. The maximum atomic E-state index is 2.38. The molecule has 1 aliphatic heterocycles. The zero-order chi connectivity index (χ0) is 5.11. The third-order valence-electron chi connectivity index (χ3n) is 0.862. The molecule has 1 heterocycles. The summed E-state index contributed by atoms with van der Waals surface area (Å²) in [4.78, 5) is 2.38. The third-order valence-corrected chi connectivity index (χ3v) is 7.76. The summed E-state index contributed by atoms with van der Waals surface area (Å²) in [5, 5.41) is 1.08. The zero-order valence-corrected chi connectivity index (χ0v) is 11.9. The average molecular weight is 331 g/mol. The third kappa shape index (κ3) is 3.71. The van der Waals surface area contributed by atoms with Gasteiger partial charge in [0.05, 0.1) is 0 Å². The fourth-order valence-electron chi connectivity index (χ4n) is 0.424. The van der Waals surface area contributed by atoms with E-state index in [2.05, 4.69) is 25.5 Å². The second kappa shape index (κ2) is 6.34. The van der Waals surface area contributed by atoms with Crippen molar-refractivity contribution in [2.45, 2.75) is 10.1 Å². The van der Waals surface area contributed by atoms with Crippen LogP contribution in [0.2, 0.25) is 4.87 Å². The Labute approximate surface area is 93.5 Å². The second-order valence-electron chi connectivity index (χ2n) is 1.45. The minimum Gasteiger partial charge on any atom is 0 e. The molecule has 0 spiro atoms. The largest absolute Gasteiger partial charge is 0 e. The quantitative estimate of drug-likeness (QED) is 0.704. The zero-order valence-electron chi connectivity index (χ0n) is 4.83. The molecule has 2 radical (unpaired) electrons. The van der Waals surface area contributed by atoms with Crippen LogP contribution in [0.1, 0.15) is 0 Å². The summed E-state index contributed by atoms with van der Waals surface area (Å²) in [6.07, 6.45) is 0. The van der Waals surface area contributed by atoms with Crippen molar-refractivity contribution in [3.63, 3.8) is 0 Å². The Morgan fingerprint density at radius 3 is 2.38 bits per heavy atom. The molecular weight excluding hydrogens is 323 g/mol. The van der Waals surface area contributed by atoms with Gasteiger partial charge in [0.25, 0.3) is 0 Å². The summed E-state index contributed by atoms with van der Waals surface area (Å²) in [6.45, 7) is 0. The van der Waals surface area contributed by atoms with Crippen LogP contribution in [0.15, 0.2) is 0 Å². The maximum Gasteiger partial charge on any atom is 0 e. The molecule has 0 nitrogen and oxygen atoms in total. The SMILES string of the molecule is [CH3][Sb][S]C1CSC1.[Y]. The van der Waals surface area contributed by atoms with Crippen LogP contribution in [0.3, 0.4) is 0 Å². The van der Waals surface area contributed by atoms with Crippen molar-refractivity contribution in [2.75, 3.05) is 11.5 Å². The molecule has 0 aliphatic carbocycles. The molecule has 0 atom stereocenters.